The Hall–Kier alpha value is -0.960. The van der Waals surface area contributed by atoms with E-state index in [1.165, 1.54) is 0 Å². The largest absolute Gasteiger partial charge is 0.393 e. The van der Waals surface area contributed by atoms with E-state index in [0.717, 1.165) is 10.9 Å². The first-order valence-electron chi connectivity index (χ1n) is 4.24. The van der Waals surface area contributed by atoms with Crippen molar-refractivity contribution >= 4 is 20.3 Å². The summed E-state index contributed by atoms with van der Waals surface area (Å²) in [5.41, 5.74) is 1.62. The van der Waals surface area contributed by atoms with Crippen LogP contribution in [0.4, 0.5) is 0 Å². The van der Waals surface area contributed by atoms with Crippen molar-refractivity contribution in [2.45, 2.75) is 6.10 Å². The van der Waals surface area contributed by atoms with Crippen LogP contribution >= 0.6 is 9.39 Å². The molecule has 0 fully saturated rings. The molecule has 0 radical (unpaired) electrons. The maximum atomic E-state index is 9.43. The van der Waals surface area contributed by atoms with Crippen molar-refractivity contribution < 1.29 is 10.2 Å². The highest BCUT2D eigenvalue weighted by atomic mass is 31.0. The van der Waals surface area contributed by atoms with Crippen LogP contribution in [0.5, 0.6) is 0 Å². The first-order chi connectivity index (χ1) is 6.72. The molecule has 2 atom stereocenters. The number of fused-ring (bicyclic) bond motifs is 1. The van der Waals surface area contributed by atoms with E-state index < -0.39 is 6.10 Å². The van der Waals surface area contributed by atoms with Crippen LogP contribution in [-0.2, 0) is 0 Å². The molecule has 1 aromatic carbocycles. The third kappa shape index (κ3) is 1.52. The Labute approximate surface area is 83.4 Å². The molecule has 2 N–H and O–H groups in total. The molecule has 1 aromatic heterocycles. The lowest BCUT2D eigenvalue weighted by atomic mass is 10.1. The van der Waals surface area contributed by atoms with Gasteiger partial charge in [0.1, 0.15) is 6.10 Å². The number of aromatic nitrogens is 2. The van der Waals surface area contributed by atoms with Crippen LogP contribution in [0.15, 0.2) is 24.4 Å². The highest BCUT2D eigenvalue weighted by Crippen LogP contribution is 2.21. The van der Waals surface area contributed by atoms with E-state index in [9.17, 15) is 5.11 Å². The van der Waals surface area contributed by atoms with Gasteiger partial charge < -0.3 is 10.2 Å². The molecule has 2 rings (SSSR count). The average molecular weight is 210 g/mol. The van der Waals surface area contributed by atoms with Gasteiger partial charge in [-0.1, -0.05) is 12.1 Å². The molecule has 0 aliphatic carbocycles. The highest BCUT2D eigenvalue weighted by molar-refractivity contribution is 7.14. The fourth-order valence-electron chi connectivity index (χ4n) is 1.37. The smallest absolute Gasteiger partial charge is 0.102 e. The van der Waals surface area contributed by atoms with Gasteiger partial charge in [-0.25, -0.2) is 0 Å². The quantitative estimate of drug-likeness (QED) is 0.717. The zero-order valence-corrected chi connectivity index (χ0v) is 8.61. The molecular formula is C9H11N2O2P. The predicted octanol–water partition coefficient (Wildman–Crippen LogP) is 0.700. The van der Waals surface area contributed by atoms with Crippen molar-refractivity contribution in [1.82, 2.24) is 9.55 Å². The van der Waals surface area contributed by atoms with Gasteiger partial charge in [-0.05, 0) is 21.0 Å². The molecule has 0 spiro atoms. The molecule has 1 unspecified atom stereocenters. The standard InChI is InChI=1S/C9H11N2O2P/c12-5-9(13)6-1-2-7-4-10-11(14)8(7)3-6/h1-4,9,12-13H,5,14H2/t9-/m1/s1. The summed E-state index contributed by atoms with van der Waals surface area (Å²) in [5, 5.41) is 23.3. The van der Waals surface area contributed by atoms with E-state index in [1.54, 1.807) is 16.7 Å². The van der Waals surface area contributed by atoms with Crippen LogP contribution in [0.2, 0.25) is 0 Å². The fourth-order valence-corrected chi connectivity index (χ4v) is 1.66. The number of rotatable bonds is 2. The second-order valence-electron chi connectivity index (χ2n) is 3.11. The lowest BCUT2D eigenvalue weighted by molar-refractivity contribution is 0.0957. The van der Waals surface area contributed by atoms with Gasteiger partial charge in [0.2, 0.25) is 0 Å². The molecule has 0 bridgehead atoms. The number of benzene rings is 1. The third-order valence-corrected chi connectivity index (χ3v) is 2.59. The van der Waals surface area contributed by atoms with Crippen molar-refractivity contribution in [1.29, 1.82) is 0 Å². The number of aliphatic hydroxyl groups excluding tert-OH is 2. The molecule has 14 heavy (non-hydrogen) atoms. The van der Waals surface area contributed by atoms with Gasteiger partial charge in [-0.3, -0.25) is 4.45 Å². The first-order valence-corrected chi connectivity index (χ1v) is 4.75. The molecular weight excluding hydrogens is 199 g/mol. The average Bonchev–Trinajstić information content (AvgIpc) is 2.59. The second kappa shape index (κ2) is 3.65. The maximum absolute atomic E-state index is 9.43. The molecule has 0 aliphatic heterocycles. The Bertz CT molecular complexity index is 455. The summed E-state index contributed by atoms with van der Waals surface area (Å²) in [4.78, 5) is 0. The molecule has 0 saturated carbocycles. The molecule has 5 heteroatoms. The third-order valence-electron chi connectivity index (χ3n) is 2.18. The Balaban J connectivity index is 2.54. The monoisotopic (exact) mass is 210 g/mol. The van der Waals surface area contributed by atoms with Gasteiger partial charge >= 0.3 is 0 Å². The predicted molar refractivity (Wildman–Crippen MR) is 56.9 cm³/mol. The van der Waals surface area contributed by atoms with Crippen molar-refractivity contribution in [3.63, 3.8) is 0 Å². The van der Waals surface area contributed by atoms with Crippen LogP contribution in [-0.4, -0.2) is 26.4 Å². The van der Waals surface area contributed by atoms with Crippen LogP contribution in [0.3, 0.4) is 0 Å². The van der Waals surface area contributed by atoms with E-state index in [0.29, 0.717) is 5.56 Å². The van der Waals surface area contributed by atoms with E-state index in [2.05, 4.69) is 14.5 Å². The zero-order valence-electron chi connectivity index (χ0n) is 7.46. The van der Waals surface area contributed by atoms with E-state index in [1.807, 2.05) is 12.1 Å². The van der Waals surface area contributed by atoms with Crippen LogP contribution in [0.1, 0.15) is 11.7 Å². The van der Waals surface area contributed by atoms with Gasteiger partial charge in [0.25, 0.3) is 0 Å². The maximum Gasteiger partial charge on any atom is 0.102 e. The van der Waals surface area contributed by atoms with Gasteiger partial charge in [-0.15, -0.1) is 0 Å². The SMILES string of the molecule is OC[C@@H](O)c1ccc2cnn(P)c2c1. The van der Waals surface area contributed by atoms with Crippen LogP contribution < -0.4 is 0 Å². The van der Waals surface area contributed by atoms with Crippen molar-refractivity contribution in [3.05, 3.63) is 30.0 Å². The number of nitrogens with zero attached hydrogens (tertiary/aromatic N) is 2. The Morgan fingerprint density at radius 3 is 3.00 bits per heavy atom. The molecule has 4 nitrogen and oxygen atoms in total. The molecule has 0 amide bonds. The summed E-state index contributed by atoms with van der Waals surface area (Å²) in [5.74, 6) is 0. The number of aliphatic hydroxyl groups is 2. The van der Waals surface area contributed by atoms with E-state index in [4.69, 9.17) is 5.11 Å². The highest BCUT2D eigenvalue weighted by Gasteiger charge is 2.07. The van der Waals surface area contributed by atoms with Gasteiger partial charge in [0.05, 0.1) is 18.3 Å². The molecule has 0 aliphatic rings. The molecule has 2 aromatic rings. The summed E-state index contributed by atoms with van der Waals surface area (Å²) >= 11 is 0. The zero-order chi connectivity index (χ0) is 10.1. The normalized spacial score (nSPS) is 13.4. The number of hydrogen-bond donors (Lipinski definition) is 2. The topological polar surface area (TPSA) is 58.3 Å². The van der Waals surface area contributed by atoms with Crippen molar-refractivity contribution in [3.8, 4) is 0 Å². The van der Waals surface area contributed by atoms with Crippen molar-refractivity contribution in [2.24, 2.45) is 0 Å². The lowest BCUT2D eigenvalue weighted by Crippen LogP contribution is -2.02. The number of hydrogen-bond acceptors (Lipinski definition) is 3. The lowest BCUT2D eigenvalue weighted by Gasteiger charge is -2.07. The summed E-state index contributed by atoms with van der Waals surface area (Å²) < 4.78 is 1.66. The van der Waals surface area contributed by atoms with Crippen LogP contribution in [0.25, 0.3) is 10.9 Å². The summed E-state index contributed by atoms with van der Waals surface area (Å²) in [6, 6.07) is 5.48. The minimum absolute atomic E-state index is 0.267. The molecule has 0 saturated heterocycles. The fraction of sp³-hybridized carbons (Fsp3) is 0.222. The summed E-state index contributed by atoms with van der Waals surface area (Å²) in [6.45, 7) is -0.267. The van der Waals surface area contributed by atoms with E-state index >= 15 is 0 Å². The van der Waals surface area contributed by atoms with Gasteiger partial charge in [0, 0.05) is 5.39 Å². The molecule has 74 valence electrons. The van der Waals surface area contributed by atoms with Crippen LogP contribution in [0, 0.1) is 0 Å². The first kappa shape index (κ1) is 9.59. The second-order valence-corrected chi connectivity index (χ2v) is 3.59. The minimum atomic E-state index is -0.820. The minimum Gasteiger partial charge on any atom is -0.393 e. The van der Waals surface area contributed by atoms with Crippen molar-refractivity contribution in [2.75, 3.05) is 6.61 Å². The Kier molecular flexibility index (Phi) is 2.50. The molecule has 1 heterocycles. The van der Waals surface area contributed by atoms with E-state index in [-0.39, 0.29) is 6.61 Å². The summed E-state index contributed by atoms with van der Waals surface area (Å²) in [7, 11) is 2.46. The summed E-state index contributed by atoms with van der Waals surface area (Å²) in [6.07, 6.45) is 0.927. The van der Waals surface area contributed by atoms with Gasteiger partial charge in [-0.2, -0.15) is 5.10 Å². The van der Waals surface area contributed by atoms with Gasteiger partial charge in [0.15, 0.2) is 0 Å². The Morgan fingerprint density at radius 1 is 1.50 bits per heavy atom. The Morgan fingerprint density at radius 2 is 2.29 bits per heavy atom.